The molecule has 0 spiro atoms. The molecule has 2 N–H and O–H groups in total. The number of hydrogen-bond acceptors (Lipinski definition) is 3. The van der Waals surface area contributed by atoms with E-state index in [4.69, 9.17) is 0 Å². The van der Waals surface area contributed by atoms with Crippen LogP contribution in [0.25, 0.3) is 0 Å². The van der Waals surface area contributed by atoms with E-state index in [1.165, 1.54) is 23.5 Å². The zero-order valence-corrected chi connectivity index (χ0v) is 12.7. The third-order valence-corrected chi connectivity index (χ3v) is 4.00. The van der Waals surface area contributed by atoms with E-state index in [2.05, 4.69) is 15.6 Å². The van der Waals surface area contributed by atoms with Crippen molar-refractivity contribution in [2.45, 2.75) is 25.9 Å². The number of alkyl halides is 3. The van der Waals surface area contributed by atoms with Gasteiger partial charge in [-0.1, -0.05) is 13.8 Å². The van der Waals surface area contributed by atoms with E-state index in [0.717, 1.165) is 17.0 Å². The summed E-state index contributed by atoms with van der Waals surface area (Å²) in [4.78, 5) is 16.9. The highest BCUT2D eigenvalue weighted by Crippen LogP contribution is 2.30. The van der Waals surface area contributed by atoms with Crippen molar-refractivity contribution < 1.29 is 18.0 Å². The van der Waals surface area contributed by atoms with Gasteiger partial charge < -0.3 is 5.32 Å². The molecule has 118 valence electrons. The van der Waals surface area contributed by atoms with Crippen LogP contribution in [-0.2, 0) is 6.18 Å². The lowest BCUT2D eigenvalue weighted by molar-refractivity contribution is -0.137. The number of nitrogens with one attached hydrogen (secondary N) is 2. The smallest absolute Gasteiger partial charge is 0.308 e. The molecule has 0 saturated carbocycles. The second-order valence-corrected chi connectivity index (χ2v) is 5.94. The highest BCUT2D eigenvalue weighted by atomic mass is 32.1. The lowest BCUT2D eigenvalue weighted by atomic mass is 10.2. The zero-order valence-electron chi connectivity index (χ0n) is 11.9. The van der Waals surface area contributed by atoms with Gasteiger partial charge in [0.15, 0.2) is 5.13 Å². The molecule has 0 bridgehead atoms. The Morgan fingerprint density at radius 2 is 1.82 bits per heavy atom. The van der Waals surface area contributed by atoms with Crippen LogP contribution >= 0.6 is 11.3 Å². The molecule has 2 amide bonds. The summed E-state index contributed by atoms with van der Waals surface area (Å²) in [6, 6.07) is 3.67. The molecule has 2 rings (SSSR count). The van der Waals surface area contributed by atoms with Gasteiger partial charge in [0.05, 0.1) is 5.56 Å². The molecule has 1 aromatic heterocycles. The molecular formula is C14H14F3N3OS. The van der Waals surface area contributed by atoms with E-state index in [1.807, 2.05) is 13.8 Å². The molecule has 0 radical (unpaired) electrons. The Morgan fingerprint density at radius 3 is 2.32 bits per heavy atom. The summed E-state index contributed by atoms with van der Waals surface area (Å²) < 4.78 is 37.3. The molecule has 4 nitrogen and oxygen atoms in total. The average molecular weight is 329 g/mol. The number of carbonyl (C=O) groups excluding carboxylic acids is 1. The first-order chi connectivity index (χ1) is 10.3. The van der Waals surface area contributed by atoms with Crippen LogP contribution in [0.1, 0.15) is 30.2 Å². The number of rotatable bonds is 3. The first-order valence-corrected chi connectivity index (χ1v) is 7.28. The molecule has 0 atom stereocenters. The summed E-state index contributed by atoms with van der Waals surface area (Å²) in [6.07, 6.45) is -2.71. The van der Waals surface area contributed by atoms with Crippen LogP contribution in [0.3, 0.4) is 0 Å². The van der Waals surface area contributed by atoms with Gasteiger partial charge in [-0.3, -0.25) is 5.32 Å². The predicted octanol–water partition coefficient (Wildman–Crippen LogP) is 4.93. The minimum Gasteiger partial charge on any atom is -0.308 e. The summed E-state index contributed by atoms with van der Waals surface area (Å²) >= 11 is 1.35. The van der Waals surface area contributed by atoms with Crippen LogP contribution in [0.15, 0.2) is 30.5 Å². The first-order valence-electron chi connectivity index (χ1n) is 6.46. The number of halogens is 3. The molecule has 1 aromatic carbocycles. The first kappa shape index (κ1) is 16.3. The quantitative estimate of drug-likeness (QED) is 0.839. The lowest BCUT2D eigenvalue weighted by Gasteiger charge is -2.08. The maximum Gasteiger partial charge on any atom is 0.416 e. The van der Waals surface area contributed by atoms with Crippen LogP contribution in [0.2, 0.25) is 0 Å². The van der Waals surface area contributed by atoms with Crippen LogP contribution < -0.4 is 10.6 Å². The van der Waals surface area contributed by atoms with Crippen molar-refractivity contribution in [1.29, 1.82) is 0 Å². The Bertz CT molecular complexity index is 650. The van der Waals surface area contributed by atoms with Crippen molar-refractivity contribution in [3.63, 3.8) is 0 Å². The van der Waals surface area contributed by atoms with E-state index in [0.29, 0.717) is 11.0 Å². The Morgan fingerprint density at radius 1 is 1.18 bits per heavy atom. The van der Waals surface area contributed by atoms with Gasteiger partial charge >= 0.3 is 12.2 Å². The summed E-state index contributed by atoms with van der Waals surface area (Å²) in [5.41, 5.74) is -0.494. The maximum absolute atomic E-state index is 12.4. The van der Waals surface area contributed by atoms with Gasteiger partial charge in [-0.25, -0.2) is 9.78 Å². The topological polar surface area (TPSA) is 54.0 Å². The van der Waals surface area contributed by atoms with E-state index >= 15 is 0 Å². The monoisotopic (exact) mass is 329 g/mol. The molecule has 0 aliphatic carbocycles. The molecule has 22 heavy (non-hydrogen) atoms. The van der Waals surface area contributed by atoms with Crippen molar-refractivity contribution in [3.05, 3.63) is 40.9 Å². The van der Waals surface area contributed by atoms with Crippen LogP contribution in [0.4, 0.5) is 28.8 Å². The fourth-order valence-corrected chi connectivity index (χ4v) is 2.43. The summed E-state index contributed by atoms with van der Waals surface area (Å²) in [5, 5.41) is 5.44. The predicted molar refractivity (Wildman–Crippen MR) is 80.3 cm³/mol. The highest BCUT2D eigenvalue weighted by Gasteiger charge is 2.29. The van der Waals surface area contributed by atoms with Gasteiger partial charge in [0, 0.05) is 16.8 Å². The summed E-state index contributed by atoms with van der Waals surface area (Å²) in [5.74, 6) is 0.311. The van der Waals surface area contributed by atoms with E-state index in [1.54, 1.807) is 6.20 Å². The van der Waals surface area contributed by atoms with Gasteiger partial charge in [0.1, 0.15) is 0 Å². The van der Waals surface area contributed by atoms with Crippen molar-refractivity contribution in [3.8, 4) is 0 Å². The van der Waals surface area contributed by atoms with E-state index in [9.17, 15) is 18.0 Å². The van der Waals surface area contributed by atoms with Gasteiger partial charge in [-0.05, 0) is 30.2 Å². The minimum atomic E-state index is -4.39. The number of thiazole rings is 1. The molecule has 0 unspecified atom stereocenters. The standard InChI is InChI=1S/C14H14F3N3OS/c1-8(2)11-7-18-13(22-11)20-12(21)19-10-5-3-9(4-6-10)14(15,16)17/h3-8H,1-2H3,(H2,18,19,20,21). The third-order valence-electron chi connectivity index (χ3n) is 2.78. The number of urea groups is 1. The molecular weight excluding hydrogens is 315 g/mol. The molecule has 0 saturated heterocycles. The van der Waals surface area contributed by atoms with Crippen molar-refractivity contribution >= 4 is 28.2 Å². The SMILES string of the molecule is CC(C)c1cnc(NC(=O)Nc2ccc(C(F)(F)F)cc2)s1. The Balaban J connectivity index is 1.96. The van der Waals surface area contributed by atoms with E-state index < -0.39 is 17.8 Å². The largest absolute Gasteiger partial charge is 0.416 e. The number of benzene rings is 1. The molecule has 0 aliphatic rings. The molecule has 2 aromatic rings. The number of carbonyl (C=O) groups is 1. The summed E-state index contributed by atoms with van der Waals surface area (Å²) in [7, 11) is 0. The number of nitrogens with zero attached hydrogens (tertiary/aromatic N) is 1. The van der Waals surface area contributed by atoms with Gasteiger partial charge in [-0.2, -0.15) is 13.2 Å². The third kappa shape index (κ3) is 4.20. The van der Waals surface area contributed by atoms with Crippen molar-refractivity contribution in [1.82, 2.24) is 4.98 Å². The second kappa shape index (κ2) is 6.35. The Hall–Kier alpha value is -2.09. The Labute approximate surface area is 129 Å². The molecule has 0 aliphatic heterocycles. The van der Waals surface area contributed by atoms with Gasteiger partial charge in [0.2, 0.25) is 0 Å². The van der Waals surface area contributed by atoms with Gasteiger partial charge in [-0.15, -0.1) is 11.3 Å². The Kier molecular flexibility index (Phi) is 4.70. The van der Waals surface area contributed by atoms with Crippen LogP contribution in [-0.4, -0.2) is 11.0 Å². The highest BCUT2D eigenvalue weighted by molar-refractivity contribution is 7.15. The molecule has 0 fully saturated rings. The van der Waals surface area contributed by atoms with Gasteiger partial charge in [0.25, 0.3) is 0 Å². The fourth-order valence-electron chi connectivity index (χ4n) is 1.61. The molecule has 8 heteroatoms. The maximum atomic E-state index is 12.4. The average Bonchev–Trinajstić information content (AvgIpc) is 2.86. The fraction of sp³-hybridized carbons (Fsp3) is 0.286. The summed E-state index contributed by atoms with van der Waals surface area (Å²) in [6.45, 7) is 4.03. The normalized spacial score (nSPS) is 11.5. The lowest BCUT2D eigenvalue weighted by Crippen LogP contribution is -2.19. The number of hydrogen-bond donors (Lipinski definition) is 2. The van der Waals surface area contributed by atoms with Crippen molar-refractivity contribution in [2.75, 3.05) is 10.6 Å². The zero-order chi connectivity index (χ0) is 16.3. The second-order valence-electron chi connectivity index (χ2n) is 4.88. The number of anilines is 2. The van der Waals surface area contributed by atoms with Crippen molar-refractivity contribution in [2.24, 2.45) is 0 Å². The van der Waals surface area contributed by atoms with E-state index in [-0.39, 0.29) is 5.69 Å². The number of aromatic nitrogens is 1. The van der Waals surface area contributed by atoms with Crippen LogP contribution in [0, 0.1) is 0 Å². The number of amides is 2. The molecule has 1 heterocycles. The van der Waals surface area contributed by atoms with Crippen LogP contribution in [0.5, 0.6) is 0 Å². The minimum absolute atomic E-state index is 0.270.